The fourth-order valence-electron chi connectivity index (χ4n) is 21.4. The molecule has 0 fully saturated rings. The number of hydrogen-bond acceptors (Lipinski definition) is 16. The van der Waals surface area contributed by atoms with E-state index in [2.05, 4.69) is 307 Å². The van der Waals surface area contributed by atoms with Gasteiger partial charge in [-0.2, -0.15) is 0 Å². The SMILES string of the molecule is Cn1c(-c2[c-]c3c(cc2)Sc2c4c5c(c6c2B3c2[c-]c(-c3nc7ccccc7n3C)ccc2S6)Sc2ccc(-c3nc6ccccc6n3C)[c-]c2B5c2[c-]c(-c3nc5ccccc5n3C)ccc2S4)nc2ccccc21.Cn1ccnc1-c1[c-]c2c(cc1)Sc1c3c4c(c5c1B2c1[c-]c(-c2nccn2C)ccc1S5)Sc1ccc(-c2nccn2C)[c-]c1B4c1[c-]c(-c2nccn2C)ccc1S3.[Pt+2].[Pt+2].[Pt+2].[Pt+2]. The van der Waals surface area contributed by atoms with E-state index in [0.29, 0.717) is 0 Å². The molecule has 0 saturated heterocycles. The molecule has 0 spiro atoms. The minimum absolute atomic E-state index is 0. The van der Waals surface area contributed by atoms with E-state index >= 15 is 0 Å². The maximum absolute atomic E-state index is 5.19. The fraction of sp³-hybridized carbons (Fsp3) is 0.0741. The van der Waals surface area contributed by atoms with Gasteiger partial charge in [0.15, 0.2) is 0 Å². The van der Waals surface area contributed by atoms with Crippen molar-refractivity contribution in [3.63, 3.8) is 0 Å². The quantitative estimate of drug-likeness (QED) is 0.105. The van der Waals surface area contributed by atoms with E-state index in [4.69, 9.17) is 39.9 Å². The van der Waals surface area contributed by atoms with Crippen LogP contribution in [-0.2, 0) is 141 Å². The fourth-order valence-corrected chi connectivity index (χ4v) is 32.0. The summed E-state index contributed by atoms with van der Waals surface area (Å²) in [6.45, 7) is -0.518. The number of nitrogens with zero attached hydrogens (tertiary/aromatic N) is 16. The van der Waals surface area contributed by atoms with Gasteiger partial charge in [0.05, 0.1) is 90.7 Å². The summed E-state index contributed by atoms with van der Waals surface area (Å²) < 4.78 is 17.1. The van der Waals surface area contributed by atoms with Gasteiger partial charge in [-0.05, 0) is 70.4 Å². The molecule has 140 heavy (non-hydrogen) atoms. The standard InChI is InChI=1S/C62H36B2N8S4.C46H28B2N8S4.4Pt/c1-69-45-17-9-5-13-41(45)65-59(69)33-21-25-49-37(29-33)63-38-30-34(60-66-42-14-6-10-18-46(42)70(60)2)22-26-50(38)74-56-53(63)55(73-49)57-54-58(56)76-52-28-24-36(62-68-44-16-8-12-20-48(44)72(62)4)32-40(52)64(54)39-31-35(23-27-51(39)75-57)61-67-43-15-7-11-19-47(43)71(61)3;1-53-17-13-49-43(53)25-5-9-33-29(21-25)47-30-22-26(44-50-14-18-54(44)2)6-10-34(30)58-40-37(47)39(57-33)41-38-42(40)60-36-12-8-28(46-52-16-20-56(46)4)24-32(36)48(38)31-23-27(7-11-35(31)59-41)45-51-15-19-55(45)3;;;;/h5-28H,1-4H3;5-20H,1-4H3;;;;/q2*-4;4*+2. The molecule has 0 atom stereocenters. The average Bonchev–Trinajstić information content (AvgIpc) is 0.853. The van der Waals surface area contributed by atoms with Gasteiger partial charge in [-0.1, -0.05) is 87.7 Å². The molecule has 22 aromatic rings. The molecule has 8 aliphatic heterocycles. The average molecular weight is 2670 g/mol. The molecule has 0 radical (unpaired) electrons. The van der Waals surface area contributed by atoms with Crippen molar-refractivity contribution in [2.75, 3.05) is 0 Å². The van der Waals surface area contributed by atoms with Gasteiger partial charge in [-0.25, -0.2) is 0 Å². The van der Waals surface area contributed by atoms with E-state index in [1.807, 2.05) is 172 Å². The number of para-hydroxylation sites is 8. The molecule has 0 unspecified atom stereocenters. The van der Waals surface area contributed by atoms with Gasteiger partial charge in [0.2, 0.25) is 26.9 Å². The Hall–Kier alpha value is -10.4. The molecule has 0 bridgehead atoms. The minimum atomic E-state index is -0.163. The Balaban J connectivity index is 0.000000147. The summed E-state index contributed by atoms with van der Waals surface area (Å²) in [5.74, 6) is 7.18. The van der Waals surface area contributed by atoms with Crippen LogP contribution in [0.4, 0.5) is 0 Å². The van der Waals surface area contributed by atoms with Crippen molar-refractivity contribution < 1.29 is 84.3 Å². The summed E-state index contributed by atoms with van der Waals surface area (Å²) in [7, 11) is 16.6. The summed E-state index contributed by atoms with van der Waals surface area (Å²) in [4.78, 5) is 59.7. The monoisotopic (exact) mass is 2660 g/mol. The van der Waals surface area contributed by atoms with Gasteiger partial charge >= 0.3 is 84.3 Å². The van der Waals surface area contributed by atoms with E-state index in [-0.39, 0.29) is 111 Å². The first-order valence-electron chi connectivity index (χ1n) is 44.7. The van der Waals surface area contributed by atoms with Crippen LogP contribution < -0.4 is 65.6 Å². The molecule has 676 valence electrons. The van der Waals surface area contributed by atoms with Crippen LogP contribution in [0.5, 0.6) is 0 Å². The molecule has 16 heterocycles. The van der Waals surface area contributed by atoms with E-state index in [1.165, 1.54) is 100 Å². The second kappa shape index (κ2) is 34.7. The molecular formula is C108H64B4N16Pt4S8. The third-order valence-electron chi connectivity index (χ3n) is 27.8. The zero-order valence-electron chi connectivity index (χ0n) is 75.1. The van der Waals surface area contributed by atoms with Crippen molar-refractivity contribution in [2.45, 2.75) is 78.3 Å². The van der Waals surface area contributed by atoms with Crippen LogP contribution >= 0.6 is 94.1 Å². The van der Waals surface area contributed by atoms with Gasteiger partial charge in [0.1, 0.15) is 0 Å². The molecule has 30 rings (SSSR count). The van der Waals surface area contributed by atoms with Gasteiger partial charge in [0.25, 0.3) is 0 Å². The molecule has 14 aromatic carbocycles. The van der Waals surface area contributed by atoms with Crippen LogP contribution in [0.3, 0.4) is 0 Å². The zero-order chi connectivity index (χ0) is 90.2. The minimum Gasteiger partial charge on any atom is -0.373 e. The summed E-state index contributed by atoms with van der Waals surface area (Å²) in [6, 6.07) is 101. The smallest absolute Gasteiger partial charge is 0.373 e. The maximum atomic E-state index is 5.19. The summed E-state index contributed by atoms with van der Waals surface area (Å²) in [5.41, 5.74) is 30.7. The van der Waals surface area contributed by atoms with E-state index in [9.17, 15) is 0 Å². The van der Waals surface area contributed by atoms with E-state index in [1.54, 1.807) is 0 Å². The summed E-state index contributed by atoms with van der Waals surface area (Å²) >= 11 is 15.1. The normalized spacial score (nSPS) is 13.5. The van der Waals surface area contributed by atoms with E-state index in [0.717, 1.165) is 179 Å². The molecule has 16 nitrogen and oxygen atoms in total. The first-order valence-corrected chi connectivity index (χ1v) is 51.2. The molecule has 8 aromatic heterocycles. The van der Waals surface area contributed by atoms with Crippen LogP contribution in [0.1, 0.15) is 0 Å². The summed E-state index contributed by atoms with van der Waals surface area (Å²) in [5, 5.41) is 0. The van der Waals surface area contributed by atoms with Gasteiger partial charge in [0, 0.05) is 145 Å². The van der Waals surface area contributed by atoms with Crippen molar-refractivity contribution in [3.8, 4) is 91.1 Å². The van der Waals surface area contributed by atoms with Crippen molar-refractivity contribution in [2.24, 2.45) is 56.4 Å². The van der Waals surface area contributed by atoms with Crippen LogP contribution in [-0.4, -0.2) is 103 Å². The Morgan fingerprint density at radius 1 is 0.207 bits per heavy atom. The topological polar surface area (TPSA) is 143 Å². The van der Waals surface area contributed by atoms with Crippen molar-refractivity contribution in [1.29, 1.82) is 0 Å². The Labute approximate surface area is 899 Å². The number of fused-ring (bicyclic) bond motifs is 24. The maximum Gasteiger partial charge on any atom is 2.00 e. The molecule has 0 saturated carbocycles. The Morgan fingerprint density at radius 2 is 0.371 bits per heavy atom. The number of imidazole rings is 8. The molecule has 0 N–H and O–H groups in total. The second-order valence-electron chi connectivity index (χ2n) is 35.4. The predicted octanol–water partition coefficient (Wildman–Crippen LogP) is 15.4. The van der Waals surface area contributed by atoms with E-state index < -0.39 is 0 Å². The Morgan fingerprint density at radius 3 is 0.529 bits per heavy atom. The molecule has 0 aliphatic carbocycles. The van der Waals surface area contributed by atoms with Gasteiger partial charge in [-0.15, -0.1) is 328 Å². The Kier molecular flexibility index (Phi) is 22.5. The van der Waals surface area contributed by atoms with Crippen molar-refractivity contribution in [3.05, 3.63) is 292 Å². The third kappa shape index (κ3) is 13.8. The van der Waals surface area contributed by atoms with Crippen LogP contribution in [0, 0.1) is 48.5 Å². The Bertz CT molecular complexity index is 8110. The molecule has 0 amide bonds. The largest absolute Gasteiger partial charge is 2.00 e. The summed E-state index contributed by atoms with van der Waals surface area (Å²) in [6.07, 6.45) is 15.4. The number of benzene rings is 14. The predicted molar refractivity (Wildman–Crippen MR) is 554 cm³/mol. The molecule has 32 heteroatoms. The molecule has 8 aliphatic rings. The van der Waals surface area contributed by atoms with Crippen LogP contribution in [0.2, 0.25) is 0 Å². The van der Waals surface area contributed by atoms with Crippen LogP contribution in [0.15, 0.2) is 322 Å². The number of hydrogen-bond donors (Lipinski definition) is 0. The zero-order valence-corrected chi connectivity index (χ0v) is 90.7. The van der Waals surface area contributed by atoms with Gasteiger partial charge < -0.3 is 36.5 Å². The van der Waals surface area contributed by atoms with Crippen molar-refractivity contribution >= 4 is 231 Å². The second-order valence-corrected chi connectivity index (χ2v) is 43.8. The third-order valence-corrected chi connectivity index (χ3v) is 37.9. The molecular weight excluding hydrogens is 2600 g/mol. The van der Waals surface area contributed by atoms with Crippen molar-refractivity contribution in [1.82, 2.24) is 76.4 Å². The number of aromatic nitrogens is 16. The first kappa shape index (κ1) is 90.9. The number of rotatable bonds is 8. The number of aryl methyl sites for hydroxylation is 8. The van der Waals surface area contributed by atoms with Crippen LogP contribution in [0.25, 0.3) is 135 Å². The van der Waals surface area contributed by atoms with Gasteiger partial charge in [-0.3, -0.25) is 39.9 Å². The first-order chi connectivity index (χ1) is 66.7.